The number of ether oxygens (including phenoxy) is 1. The number of benzene rings is 1. The molecule has 0 spiro atoms. The molecule has 6 atom stereocenters. The summed E-state index contributed by atoms with van der Waals surface area (Å²) in [5.41, 5.74) is 0.770. The van der Waals surface area contributed by atoms with Crippen molar-refractivity contribution in [1.29, 1.82) is 0 Å². The van der Waals surface area contributed by atoms with Gasteiger partial charge >= 0.3 is 0 Å². The Bertz CT molecular complexity index is 719. The lowest BCUT2D eigenvalue weighted by Gasteiger charge is -2.43. The van der Waals surface area contributed by atoms with E-state index in [0.717, 1.165) is 5.56 Å². The number of hydrogen-bond donors (Lipinski definition) is 2. The highest BCUT2D eigenvalue weighted by atomic mass is 16.6. The predicted molar refractivity (Wildman–Crippen MR) is 83.5 cm³/mol. The number of aromatic hydroxyl groups is 1. The first-order chi connectivity index (χ1) is 11.3. The van der Waals surface area contributed by atoms with Gasteiger partial charge in [-0.1, -0.05) is 19.1 Å². The number of phenols is 1. The van der Waals surface area contributed by atoms with E-state index in [0.29, 0.717) is 12.8 Å². The topological polar surface area (TPSA) is 87.1 Å². The normalized spacial score (nSPS) is 41.5. The highest BCUT2D eigenvalue weighted by Gasteiger charge is 2.65. The molecule has 128 valence electrons. The molecule has 1 aliphatic carbocycles. The first kappa shape index (κ1) is 15.6. The van der Waals surface area contributed by atoms with Crippen LogP contribution in [0.4, 0.5) is 0 Å². The van der Waals surface area contributed by atoms with Crippen molar-refractivity contribution in [2.24, 2.45) is 23.7 Å². The molecular formula is C18H21NO5. The number of carbonyl (C=O) groups is 2. The molecule has 6 heteroatoms. The van der Waals surface area contributed by atoms with E-state index in [1.165, 1.54) is 11.9 Å². The van der Waals surface area contributed by atoms with Gasteiger partial charge in [0.05, 0.1) is 17.9 Å². The number of aliphatic hydroxyl groups is 1. The zero-order chi connectivity index (χ0) is 17.2. The zero-order valence-electron chi connectivity index (χ0n) is 13.7. The maximum Gasteiger partial charge on any atom is 0.233 e. The molecule has 4 rings (SSSR count). The second-order valence-corrected chi connectivity index (χ2v) is 7.30. The van der Waals surface area contributed by atoms with Crippen LogP contribution in [0.5, 0.6) is 5.75 Å². The van der Waals surface area contributed by atoms with Crippen LogP contribution in [0.2, 0.25) is 0 Å². The molecule has 0 aromatic heterocycles. The number of phenolic OH excluding ortho intramolecular Hbond substituents is 1. The monoisotopic (exact) mass is 331 g/mol. The third kappa shape index (κ3) is 1.96. The molecular weight excluding hydrogens is 310 g/mol. The molecule has 2 amide bonds. The summed E-state index contributed by atoms with van der Waals surface area (Å²) in [5.74, 6) is -3.20. The number of hydrogen-bond acceptors (Lipinski definition) is 5. The fourth-order valence-electron chi connectivity index (χ4n) is 4.73. The van der Waals surface area contributed by atoms with Crippen LogP contribution in [0.25, 0.3) is 0 Å². The van der Waals surface area contributed by atoms with Gasteiger partial charge in [-0.05, 0) is 30.5 Å². The summed E-state index contributed by atoms with van der Waals surface area (Å²) in [7, 11) is 1.51. The molecule has 2 N–H and O–H groups in total. The fourth-order valence-corrected chi connectivity index (χ4v) is 4.73. The Morgan fingerprint density at radius 1 is 1.25 bits per heavy atom. The number of nitrogens with zero attached hydrogens (tertiary/aromatic N) is 1. The van der Waals surface area contributed by atoms with Crippen LogP contribution in [-0.4, -0.2) is 39.8 Å². The first-order valence-corrected chi connectivity index (χ1v) is 8.33. The van der Waals surface area contributed by atoms with Crippen LogP contribution in [0, 0.1) is 23.7 Å². The lowest BCUT2D eigenvalue weighted by Crippen LogP contribution is -2.52. The van der Waals surface area contributed by atoms with E-state index in [2.05, 4.69) is 0 Å². The molecule has 0 radical (unpaired) electrons. The molecule has 2 aliphatic heterocycles. The molecule has 3 fully saturated rings. The summed E-state index contributed by atoms with van der Waals surface area (Å²) in [4.78, 5) is 26.1. The second-order valence-electron chi connectivity index (χ2n) is 7.30. The summed E-state index contributed by atoms with van der Waals surface area (Å²) in [5, 5.41) is 20.8. The number of fused-ring (bicyclic) bond motifs is 3. The van der Waals surface area contributed by atoms with Crippen LogP contribution in [0.3, 0.4) is 0 Å². The average molecular weight is 331 g/mol. The summed E-state index contributed by atoms with van der Waals surface area (Å²) >= 11 is 0. The van der Waals surface area contributed by atoms with E-state index in [4.69, 9.17) is 4.74 Å². The van der Waals surface area contributed by atoms with Crippen LogP contribution in [-0.2, 0) is 14.3 Å². The van der Waals surface area contributed by atoms with E-state index in [1.807, 2.05) is 13.0 Å². The molecule has 2 heterocycles. The summed E-state index contributed by atoms with van der Waals surface area (Å²) in [6.07, 6.45) is 0.500. The van der Waals surface area contributed by atoms with E-state index in [-0.39, 0.29) is 29.4 Å². The van der Waals surface area contributed by atoms with Crippen molar-refractivity contribution < 1.29 is 24.5 Å². The van der Waals surface area contributed by atoms with Crippen molar-refractivity contribution in [2.75, 3.05) is 7.05 Å². The summed E-state index contributed by atoms with van der Waals surface area (Å²) < 4.78 is 6.00. The van der Waals surface area contributed by atoms with Gasteiger partial charge in [-0.2, -0.15) is 0 Å². The Labute approximate surface area is 140 Å². The van der Waals surface area contributed by atoms with Gasteiger partial charge in [-0.3, -0.25) is 14.5 Å². The van der Waals surface area contributed by atoms with Gasteiger partial charge in [0.25, 0.3) is 0 Å². The first-order valence-electron chi connectivity index (χ1n) is 8.33. The zero-order valence-corrected chi connectivity index (χ0v) is 13.7. The second kappa shape index (κ2) is 5.04. The van der Waals surface area contributed by atoms with Gasteiger partial charge in [0.15, 0.2) is 5.79 Å². The van der Waals surface area contributed by atoms with E-state index in [9.17, 15) is 19.8 Å². The minimum Gasteiger partial charge on any atom is -0.508 e. The number of amides is 2. The minimum absolute atomic E-state index is 0.135. The Balaban J connectivity index is 1.71. The number of carbonyl (C=O) groups excluding carboxylic acids is 2. The number of imide groups is 1. The van der Waals surface area contributed by atoms with E-state index >= 15 is 0 Å². The van der Waals surface area contributed by atoms with Crippen molar-refractivity contribution in [3.8, 4) is 5.75 Å². The Morgan fingerprint density at radius 2 is 2.00 bits per heavy atom. The van der Waals surface area contributed by atoms with Crippen molar-refractivity contribution in [3.05, 3.63) is 29.8 Å². The van der Waals surface area contributed by atoms with Gasteiger partial charge < -0.3 is 14.9 Å². The van der Waals surface area contributed by atoms with Crippen LogP contribution < -0.4 is 0 Å². The average Bonchev–Trinajstić information content (AvgIpc) is 3.00. The highest BCUT2D eigenvalue weighted by Crippen LogP contribution is 2.57. The smallest absolute Gasteiger partial charge is 0.233 e. The van der Waals surface area contributed by atoms with Gasteiger partial charge in [0, 0.05) is 18.9 Å². The van der Waals surface area contributed by atoms with E-state index < -0.39 is 23.7 Å². The van der Waals surface area contributed by atoms with Gasteiger partial charge in [-0.25, -0.2) is 0 Å². The maximum absolute atomic E-state index is 12.5. The third-order valence-corrected chi connectivity index (χ3v) is 6.02. The lowest BCUT2D eigenvalue weighted by molar-refractivity contribution is -0.265. The number of rotatable bonds is 1. The molecule has 0 unspecified atom stereocenters. The van der Waals surface area contributed by atoms with Gasteiger partial charge in [0.1, 0.15) is 5.75 Å². The van der Waals surface area contributed by atoms with Gasteiger partial charge in [0.2, 0.25) is 11.8 Å². The van der Waals surface area contributed by atoms with Crippen LogP contribution in [0.1, 0.15) is 31.4 Å². The maximum atomic E-state index is 12.5. The van der Waals surface area contributed by atoms with Crippen molar-refractivity contribution in [3.63, 3.8) is 0 Å². The summed E-state index contributed by atoms with van der Waals surface area (Å²) in [6.45, 7) is 1.87. The van der Waals surface area contributed by atoms with E-state index in [1.54, 1.807) is 18.2 Å². The SMILES string of the molecule is C[C@H]1C[C@@H]2C(=O)N(C)C(=O)[C@@H]2[C@@H]2C[C@@H](c3cccc(O)c3)O[C@]12O. The fraction of sp³-hybridized carbons (Fsp3) is 0.556. The minimum atomic E-state index is -1.42. The third-order valence-electron chi connectivity index (χ3n) is 6.02. The molecule has 2 saturated heterocycles. The lowest BCUT2D eigenvalue weighted by atomic mass is 9.65. The van der Waals surface area contributed by atoms with Crippen molar-refractivity contribution >= 4 is 11.8 Å². The van der Waals surface area contributed by atoms with Crippen LogP contribution >= 0.6 is 0 Å². The Kier molecular flexibility index (Phi) is 3.27. The van der Waals surface area contributed by atoms with Crippen molar-refractivity contribution in [2.45, 2.75) is 31.7 Å². The molecule has 3 aliphatic rings. The van der Waals surface area contributed by atoms with Gasteiger partial charge in [-0.15, -0.1) is 0 Å². The largest absolute Gasteiger partial charge is 0.508 e. The predicted octanol–water partition coefficient (Wildman–Crippen LogP) is 1.43. The Morgan fingerprint density at radius 3 is 2.71 bits per heavy atom. The molecule has 6 nitrogen and oxygen atoms in total. The molecule has 0 bridgehead atoms. The standard InChI is InChI=1S/C18H21NO5/c1-9-6-12-15(17(22)19(2)16(12)21)13-8-14(24-18(9,13)23)10-4-3-5-11(20)7-10/h3-5,7,9,12-15,20,23H,6,8H2,1-2H3/t9-,12-,13-,14-,15-,18+/m0/s1. The van der Waals surface area contributed by atoms with Crippen molar-refractivity contribution in [1.82, 2.24) is 4.90 Å². The molecule has 1 aromatic carbocycles. The highest BCUT2D eigenvalue weighted by molar-refractivity contribution is 6.05. The number of likely N-dealkylation sites (tertiary alicyclic amines) is 1. The molecule has 24 heavy (non-hydrogen) atoms. The summed E-state index contributed by atoms with van der Waals surface area (Å²) in [6, 6.07) is 6.75. The quantitative estimate of drug-likeness (QED) is 0.760. The molecule has 1 aromatic rings. The Hall–Kier alpha value is -1.92. The van der Waals surface area contributed by atoms with Crippen LogP contribution in [0.15, 0.2) is 24.3 Å². The molecule has 1 saturated carbocycles.